The number of nitrogens with zero attached hydrogens (tertiary/aromatic N) is 3. The van der Waals surface area contributed by atoms with Gasteiger partial charge in [-0.05, 0) is 30.5 Å². The Hall–Kier alpha value is -1.33. The van der Waals surface area contributed by atoms with Crippen LogP contribution in [0.2, 0.25) is 0 Å². The van der Waals surface area contributed by atoms with Gasteiger partial charge in [0.15, 0.2) is 5.82 Å². The van der Waals surface area contributed by atoms with Crippen LogP contribution in [0.3, 0.4) is 0 Å². The first-order valence-electron chi connectivity index (χ1n) is 6.35. The van der Waals surface area contributed by atoms with Crippen LogP contribution in [-0.2, 0) is 13.1 Å². The van der Waals surface area contributed by atoms with Crippen molar-refractivity contribution in [3.05, 3.63) is 41.5 Å². The summed E-state index contributed by atoms with van der Waals surface area (Å²) in [4.78, 5) is 7.84. The van der Waals surface area contributed by atoms with E-state index in [0.717, 1.165) is 25.5 Å². The van der Waals surface area contributed by atoms with Crippen LogP contribution in [0, 0.1) is 6.92 Å². The molecule has 2 aromatic rings. The van der Waals surface area contributed by atoms with Crippen LogP contribution in [0.15, 0.2) is 33.7 Å². The van der Waals surface area contributed by atoms with Crippen molar-refractivity contribution in [1.82, 2.24) is 15.0 Å². The Labute approximate surface area is 118 Å². The lowest BCUT2D eigenvalue weighted by Crippen LogP contribution is -2.23. The third-order valence-electron chi connectivity index (χ3n) is 2.92. The molecular weight excluding hydrogens is 258 g/mol. The Kier molecular flexibility index (Phi) is 4.99. The second kappa shape index (κ2) is 6.73. The maximum Gasteiger partial charge on any atom is 0.223 e. The molecule has 1 aromatic carbocycles. The average molecular weight is 277 g/mol. The SMILES string of the molecule is CCN(Cc1cccc(SC)c1)Cc1noc(C)n1. The van der Waals surface area contributed by atoms with Gasteiger partial charge < -0.3 is 4.52 Å². The van der Waals surface area contributed by atoms with Gasteiger partial charge in [0.05, 0.1) is 6.54 Å². The molecule has 1 aromatic heterocycles. The van der Waals surface area contributed by atoms with Gasteiger partial charge in [0.1, 0.15) is 0 Å². The van der Waals surface area contributed by atoms with Crippen LogP contribution in [0.4, 0.5) is 0 Å². The summed E-state index contributed by atoms with van der Waals surface area (Å²) in [5.41, 5.74) is 1.31. The molecule has 1 heterocycles. The van der Waals surface area contributed by atoms with Crippen LogP contribution >= 0.6 is 11.8 Å². The Balaban J connectivity index is 2.01. The molecule has 2 rings (SSSR count). The van der Waals surface area contributed by atoms with Gasteiger partial charge in [-0.1, -0.05) is 24.2 Å². The summed E-state index contributed by atoms with van der Waals surface area (Å²) >= 11 is 1.77. The Morgan fingerprint density at radius 2 is 2.16 bits per heavy atom. The molecule has 0 N–H and O–H groups in total. The highest BCUT2D eigenvalue weighted by Crippen LogP contribution is 2.17. The zero-order chi connectivity index (χ0) is 13.7. The van der Waals surface area contributed by atoms with Crippen LogP contribution in [0.1, 0.15) is 24.2 Å². The molecular formula is C14H19N3OS. The molecule has 0 radical (unpaired) electrons. The lowest BCUT2D eigenvalue weighted by molar-refractivity contribution is 0.259. The summed E-state index contributed by atoms with van der Waals surface area (Å²) in [5, 5.41) is 3.95. The quantitative estimate of drug-likeness (QED) is 0.759. The largest absolute Gasteiger partial charge is 0.340 e. The van der Waals surface area contributed by atoms with E-state index in [4.69, 9.17) is 4.52 Å². The van der Waals surface area contributed by atoms with Crippen molar-refractivity contribution < 1.29 is 4.52 Å². The fourth-order valence-electron chi connectivity index (χ4n) is 1.91. The van der Waals surface area contributed by atoms with Crippen LogP contribution < -0.4 is 0 Å². The molecule has 0 aliphatic heterocycles. The number of aryl methyl sites for hydroxylation is 1. The topological polar surface area (TPSA) is 42.2 Å². The van der Waals surface area contributed by atoms with Crippen molar-refractivity contribution in [2.45, 2.75) is 31.8 Å². The summed E-state index contributed by atoms with van der Waals surface area (Å²) in [7, 11) is 0. The summed E-state index contributed by atoms with van der Waals surface area (Å²) in [5.74, 6) is 1.37. The van der Waals surface area contributed by atoms with Gasteiger partial charge >= 0.3 is 0 Å². The number of hydrogen-bond donors (Lipinski definition) is 0. The van der Waals surface area contributed by atoms with Crippen LogP contribution in [0.25, 0.3) is 0 Å². The lowest BCUT2D eigenvalue weighted by atomic mass is 10.2. The van der Waals surface area contributed by atoms with Crippen LogP contribution in [0.5, 0.6) is 0 Å². The standard InChI is InChI=1S/C14H19N3OS/c1-4-17(10-14-15-11(2)18-16-14)9-12-6-5-7-13(8-12)19-3/h5-8H,4,9-10H2,1-3H3. The minimum Gasteiger partial charge on any atom is -0.340 e. The van der Waals surface area contributed by atoms with Gasteiger partial charge in [-0.2, -0.15) is 4.98 Å². The Morgan fingerprint density at radius 3 is 2.79 bits per heavy atom. The molecule has 0 aliphatic carbocycles. The second-order valence-electron chi connectivity index (χ2n) is 4.38. The molecule has 102 valence electrons. The summed E-state index contributed by atoms with van der Waals surface area (Å²) in [6.07, 6.45) is 2.10. The van der Waals surface area contributed by atoms with E-state index in [9.17, 15) is 0 Å². The maximum absolute atomic E-state index is 5.01. The van der Waals surface area contributed by atoms with Gasteiger partial charge in [-0.25, -0.2) is 0 Å². The van der Waals surface area contributed by atoms with Gasteiger partial charge in [-0.15, -0.1) is 11.8 Å². The monoisotopic (exact) mass is 277 g/mol. The first kappa shape index (κ1) is 14.1. The van der Waals surface area contributed by atoms with E-state index in [2.05, 4.69) is 52.5 Å². The minimum absolute atomic E-state index is 0.621. The number of hydrogen-bond acceptors (Lipinski definition) is 5. The van der Waals surface area contributed by atoms with E-state index in [1.807, 2.05) is 6.92 Å². The predicted molar refractivity (Wildman–Crippen MR) is 77.0 cm³/mol. The van der Waals surface area contributed by atoms with Gasteiger partial charge in [-0.3, -0.25) is 4.90 Å². The van der Waals surface area contributed by atoms with Gasteiger partial charge in [0, 0.05) is 18.4 Å². The predicted octanol–water partition coefficient (Wildman–Crippen LogP) is 3.12. The highest BCUT2D eigenvalue weighted by molar-refractivity contribution is 7.98. The normalized spacial score (nSPS) is 11.2. The summed E-state index contributed by atoms with van der Waals surface area (Å²) in [6.45, 7) is 6.53. The number of aromatic nitrogens is 2. The highest BCUT2D eigenvalue weighted by Gasteiger charge is 2.09. The highest BCUT2D eigenvalue weighted by atomic mass is 32.2. The molecule has 0 saturated carbocycles. The first-order chi connectivity index (χ1) is 9.21. The Bertz CT molecular complexity index is 527. The van der Waals surface area contributed by atoms with Crippen molar-refractivity contribution in [2.75, 3.05) is 12.8 Å². The zero-order valence-electron chi connectivity index (χ0n) is 11.6. The summed E-state index contributed by atoms with van der Waals surface area (Å²) in [6, 6.07) is 8.62. The number of benzene rings is 1. The van der Waals surface area contributed by atoms with Crippen molar-refractivity contribution >= 4 is 11.8 Å². The van der Waals surface area contributed by atoms with Crippen molar-refractivity contribution in [3.63, 3.8) is 0 Å². The summed E-state index contributed by atoms with van der Waals surface area (Å²) < 4.78 is 5.01. The van der Waals surface area contributed by atoms with Crippen molar-refractivity contribution in [2.24, 2.45) is 0 Å². The number of thioether (sulfide) groups is 1. The molecule has 19 heavy (non-hydrogen) atoms. The molecule has 0 atom stereocenters. The molecule has 5 heteroatoms. The maximum atomic E-state index is 5.01. The van der Waals surface area contributed by atoms with Gasteiger partial charge in [0.2, 0.25) is 5.89 Å². The third-order valence-corrected chi connectivity index (χ3v) is 3.65. The van der Waals surface area contributed by atoms with E-state index in [1.54, 1.807) is 11.8 Å². The molecule has 0 amide bonds. The zero-order valence-corrected chi connectivity index (χ0v) is 12.4. The fourth-order valence-corrected chi connectivity index (χ4v) is 2.40. The molecule has 0 spiro atoms. The van der Waals surface area contributed by atoms with E-state index in [0.29, 0.717) is 5.89 Å². The molecule has 0 saturated heterocycles. The molecule has 0 bridgehead atoms. The van der Waals surface area contributed by atoms with Gasteiger partial charge in [0.25, 0.3) is 0 Å². The molecule has 0 aliphatic rings. The molecule has 0 fully saturated rings. The molecule has 4 nitrogen and oxygen atoms in total. The minimum atomic E-state index is 0.621. The van der Waals surface area contributed by atoms with E-state index < -0.39 is 0 Å². The average Bonchev–Trinajstić information content (AvgIpc) is 2.83. The first-order valence-corrected chi connectivity index (χ1v) is 7.58. The fraction of sp³-hybridized carbons (Fsp3) is 0.429. The number of rotatable bonds is 6. The van der Waals surface area contributed by atoms with E-state index >= 15 is 0 Å². The van der Waals surface area contributed by atoms with Crippen molar-refractivity contribution in [1.29, 1.82) is 0 Å². The molecule has 0 unspecified atom stereocenters. The smallest absolute Gasteiger partial charge is 0.223 e. The Morgan fingerprint density at radius 1 is 1.32 bits per heavy atom. The van der Waals surface area contributed by atoms with Crippen LogP contribution in [-0.4, -0.2) is 27.8 Å². The second-order valence-corrected chi connectivity index (χ2v) is 5.26. The van der Waals surface area contributed by atoms with E-state index in [-0.39, 0.29) is 0 Å². The van der Waals surface area contributed by atoms with Crippen molar-refractivity contribution in [3.8, 4) is 0 Å². The lowest BCUT2D eigenvalue weighted by Gasteiger charge is -2.18. The third kappa shape index (κ3) is 4.08. The van der Waals surface area contributed by atoms with E-state index in [1.165, 1.54) is 10.5 Å².